The van der Waals surface area contributed by atoms with Gasteiger partial charge in [0.1, 0.15) is 0 Å². The summed E-state index contributed by atoms with van der Waals surface area (Å²) in [6.45, 7) is 3.82. The minimum atomic E-state index is 0.181. The van der Waals surface area contributed by atoms with Crippen molar-refractivity contribution in [2.45, 2.75) is 32.7 Å². The van der Waals surface area contributed by atoms with Gasteiger partial charge in [-0.3, -0.25) is 4.79 Å². The van der Waals surface area contributed by atoms with Crippen LogP contribution in [-0.4, -0.2) is 12.5 Å². The van der Waals surface area contributed by atoms with Crippen molar-refractivity contribution in [1.82, 2.24) is 5.32 Å². The topological polar surface area (TPSA) is 41.1 Å². The highest BCUT2D eigenvalue weighted by Crippen LogP contribution is 2.28. The first-order chi connectivity index (χ1) is 8.31. The maximum Gasteiger partial charge on any atom is 0.227 e. The number of rotatable bonds is 5. The second-order valence-electron chi connectivity index (χ2n) is 4.55. The van der Waals surface area contributed by atoms with Gasteiger partial charge < -0.3 is 10.6 Å². The molecule has 1 aliphatic carbocycles. The molecule has 0 unspecified atom stereocenters. The lowest BCUT2D eigenvalue weighted by Crippen LogP contribution is -2.28. The average Bonchev–Trinajstić information content (AvgIpc) is 2.25. The number of amides is 1. The van der Waals surface area contributed by atoms with Crippen LogP contribution in [0.4, 0.5) is 5.69 Å². The summed E-state index contributed by atoms with van der Waals surface area (Å²) in [5, 5.41) is 6.33. The first-order valence-corrected chi connectivity index (χ1v) is 6.40. The standard InChI is InChI=1S/C14H20N2O/c1-2-15-10-12-6-3-4-9-13(12)16-14(17)11-7-5-8-11/h3-4,6,9,11,15H,2,5,7-8,10H2,1H3,(H,16,17). The molecule has 0 aromatic heterocycles. The molecule has 92 valence electrons. The van der Waals surface area contributed by atoms with Crippen LogP contribution in [0.2, 0.25) is 0 Å². The Morgan fingerprint density at radius 1 is 1.35 bits per heavy atom. The van der Waals surface area contributed by atoms with Crippen molar-refractivity contribution in [3.63, 3.8) is 0 Å². The number of anilines is 1. The van der Waals surface area contributed by atoms with Crippen LogP contribution < -0.4 is 10.6 Å². The largest absolute Gasteiger partial charge is 0.326 e. The lowest BCUT2D eigenvalue weighted by Gasteiger charge is -2.24. The van der Waals surface area contributed by atoms with Crippen molar-refractivity contribution < 1.29 is 4.79 Å². The van der Waals surface area contributed by atoms with Crippen LogP contribution in [0.15, 0.2) is 24.3 Å². The highest BCUT2D eigenvalue weighted by atomic mass is 16.1. The summed E-state index contributed by atoms with van der Waals surface area (Å²) in [6.07, 6.45) is 3.28. The smallest absolute Gasteiger partial charge is 0.227 e. The molecule has 0 aliphatic heterocycles. The Labute approximate surface area is 103 Å². The first-order valence-electron chi connectivity index (χ1n) is 6.40. The van der Waals surface area contributed by atoms with Crippen molar-refractivity contribution in [2.24, 2.45) is 5.92 Å². The van der Waals surface area contributed by atoms with Crippen LogP contribution in [-0.2, 0) is 11.3 Å². The van der Waals surface area contributed by atoms with E-state index in [1.807, 2.05) is 18.2 Å². The van der Waals surface area contributed by atoms with E-state index in [1.165, 1.54) is 6.42 Å². The van der Waals surface area contributed by atoms with Crippen molar-refractivity contribution >= 4 is 11.6 Å². The monoisotopic (exact) mass is 232 g/mol. The Morgan fingerprint density at radius 3 is 2.76 bits per heavy atom. The van der Waals surface area contributed by atoms with Gasteiger partial charge in [-0.1, -0.05) is 31.5 Å². The van der Waals surface area contributed by atoms with Gasteiger partial charge in [0.15, 0.2) is 0 Å². The van der Waals surface area contributed by atoms with E-state index in [0.29, 0.717) is 0 Å². The summed E-state index contributed by atoms with van der Waals surface area (Å²) in [5.41, 5.74) is 2.10. The Kier molecular flexibility index (Phi) is 4.15. The van der Waals surface area contributed by atoms with E-state index in [1.54, 1.807) is 0 Å². The normalized spacial score (nSPS) is 15.4. The lowest BCUT2D eigenvalue weighted by atomic mass is 9.85. The van der Waals surface area contributed by atoms with Gasteiger partial charge >= 0.3 is 0 Å². The Bertz CT molecular complexity index is 386. The van der Waals surface area contributed by atoms with Crippen LogP contribution in [0.1, 0.15) is 31.7 Å². The molecule has 1 fully saturated rings. The number of carbonyl (C=O) groups is 1. The molecule has 2 N–H and O–H groups in total. The van der Waals surface area contributed by atoms with E-state index in [-0.39, 0.29) is 11.8 Å². The predicted octanol–water partition coefficient (Wildman–Crippen LogP) is 2.53. The van der Waals surface area contributed by atoms with Gasteiger partial charge in [-0.05, 0) is 31.0 Å². The zero-order chi connectivity index (χ0) is 12.1. The van der Waals surface area contributed by atoms with Gasteiger partial charge in [0, 0.05) is 18.2 Å². The van der Waals surface area contributed by atoms with Crippen LogP contribution in [0, 0.1) is 5.92 Å². The van der Waals surface area contributed by atoms with E-state index in [4.69, 9.17) is 0 Å². The van der Waals surface area contributed by atoms with Gasteiger partial charge in [0.2, 0.25) is 5.91 Å². The molecule has 1 aromatic carbocycles. The maximum absolute atomic E-state index is 11.9. The minimum Gasteiger partial charge on any atom is -0.326 e. The molecule has 1 saturated carbocycles. The zero-order valence-electron chi connectivity index (χ0n) is 10.3. The van der Waals surface area contributed by atoms with E-state index < -0.39 is 0 Å². The fourth-order valence-corrected chi connectivity index (χ4v) is 1.96. The molecule has 0 bridgehead atoms. The molecule has 0 atom stereocenters. The van der Waals surface area contributed by atoms with Crippen molar-refractivity contribution in [2.75, 3.05) is 11.9 Å². The molecule has 0 heterocycles. The van der Waals surface area contributed by atoms with E-state index in [0.717, 1.165) is 37.2 Å². The molecular weight excluding hydrogens is 212 g/mol. The van der Waals surface area contributed by atoms with Gasteiger partial charge in [-0.15, -0.1) is 0 Å². The Morgan fingerprint density at radius 2 is 2.12 bits per heavy atom. The van der Waals surface area contributed by atoms with Gasteiger partial charge in [0.25, 0.3) is 0 Å². The molecule has 17 heavy (non-hydrogen) atoms. The van der Waals surface area contributed by atoms with E-state index in [9.17, 15) is 4.79 Å². The quantitative estimate of drug-likeness (QED) is 0.819. The molecule has 3 heteroatoms. The minimum absolute atomic E-state index is 0.181. The second-order valence-corrected chi connectivity index (χ2v) is 4.55. The molecule has 1 aromatic rings. The Hall–Kier alpha value is -1.35. The molecule has 0 spiro atoms. The lowest BCUT2D eigenvalue weighted by molar-refractivity contribution is -0.122. The van der Waals surface area contributed by atoms with Crippen molar-refractivity contribution in [3.8, 4) is 0 Å². The van der Waals surface area contributed by atoms with Crippen molar-refractivity contribution in [1.29, 1.82) is 0 Å². The number of hydrogen-bond acceptors (Lipinski definition) is 2. The van der Waals surface area contributed by atoms with E-state index in [2.05, 4.69) is 23.6 Å². The summed E-state index contributed by atoms with van der Waals surface area (Å²) in [5.74, 6) is 0.419. The summed E-state index contributed by atoms with van der Waals surface area (Å²) < 4.78 is 0. The van der Waals surface area contributed by atoms with Gasteiger partial charge in [0.05, 0.1) is 0 Å². The SMILES string of the molecule is CCNCc1ccccc1NC(=O)C1CCC1. The molecule has 3 nitrogen and oxygen atoms in total. The third-order valence-electron chi connectivity index (χ3n) is 3.32. The number of nitrogens with one attached hydrogen (secondary N) is 2. The Balaban J connectivity index is 2.00. The summed E-state index contributed by atoms with van der Waals surface area (Å²) >= 11 is 0. The molecule has 0 radical (unpaired) electrons. The second kappa shape index (κ2) is 5.82. The number of para-hydroxylation sites is 1. The predicted molar refractivity (Wildman–Crippen MR) is 69.8 cm³/mol. The van der Waals surface area contributed by atoms with Crippen LogP contribution >= 0.6 is 0 Å². The number of benzene rings is 1. The van der Waals surface area contributed by atoms with Crippen LogP contribution in [0.5, 0.6) is 0 Å². The van der Waals surface area contributed by atoms with E-state index >= 15 is 0 Å². The summed E-state index contributed by atoms with van der Waals surface area (Å²) in [7, 11) is 0. The average molecular weight is 232 g/mol. The third kappa shape index (κ3) is 3.07. The fourth-order valence-electron chi connectivity index (χ4n) is 1.96. The molecule has 0 saturated heterocycles. The molecular formula is C14H20N2O. The van der Waals surface area contributed by atoms with Gasteiger partial charge in [-0.2, -0.15) is 0 Å². The number of hydrogen-bond donors (Lipinski definition) is 2. The fraction of sp³-hybridized carbons (Fsp3) is 0.500. The molecule has 1 amide bonds. The van der Waals surface area contributed by atoms with Crippen molar-refractivity contribution in [3.05, 3.63) is 29.8 Å². The zero-order valence-corrected chi connectivity index (χ0v) is 10.3. The summed E-state index contributed by atoms with van der Waals surface area (Å²) in [6, 6.07) is 8.00. The highest BCUT2D eigenvalue weighted by molar-refractivity contribution is 5.93. The molecule has 1 aliphatic rings. The maximum atomic E-state index is 11.9. The highest BCUT2D eigenvalue weighted by Gasteiger charge is 2.25. The number of carbonyl (C=O) groups excluding carboxylic acids is 1. The van der Waals surface area contributed by atoms with Crippen LogP contribution in [0.25, 0.3) is 0 Å². The molecule has 2 rings (SSSR count). The third-order valence-corrected chi connectivity index (χ3v) is 3.32. The first kappa shape index (κ1) is 12.1. The van der Waals surface area contributed by atoms with Gasteiger partial charge in [-0.25, -0.2) is 0 Å². The van der Waals surface area contributed by atoms with Crippen LogP contribution in [0.3, 0.4) is 0 Å². The summed E-state index contributed by atoms with van der Waals surface area (Å²) in [4.78, 5) is 11.9.